The molecule has 0 radical (unpaired) electrons. The van der Waals surface area contributed by atoms with Gasteiger partial charge in [0, 0.05) is 0 Å². The van der Waals surface area contributed by atoms with Crippen LogP contribution in [0.15, 0.2) is 6.33 Å². The van der Waals surface area contributed by atoms with Crippen molar-refractivity contribution >= 4 is 55.7 Å². The molecule has 0 fully saturated rings. The van der Waals surface area contributed by atoms with Crippen molar-refractivity contribution in [3.05, 3.63) is 19.9 Å². The summed E-state index contributed by atoms with van der Waals surface area (Å²) >= 11 is 9.86. The van der Waals surface area contributed by atoms with Crippen molar-refractivity contribution in [1.82, 2.24) is 9.97 Å². The molecule has 0 aliphatic carbocycles. The number of rotatable bonds is 0. The van der Waals surface area contributed by atoms with Gasteiger partial charge in [-0.2, -0.15) is 0 Å². The SMILES string of the molecule is Cc1c(I)sc2ncnc(Cl)c12. The monoisotopic (exact) mass is 310 g/mol. The molecule has 2 rings (SSSR count). The third kappa shape index (κ3) is 1.22. The minimum atomic E-state index is 0.552. The third-order valence-electron chi connectivity index (χ3n) is 1.62. The summed E-state index contributed by atoms with van der Waals surface area (Å²) in [4.78, 5) is 9.05. The third-order valence-corrected chi connectivity index (χ3v) is 4.37. The summed E-state index contributed by atoms with van der Waals surface area (Å²) in [7, 11) is 0. The first-order valence-electron chi connectivity index (χ1n) is 3.25. The van der Waals surface area contributed by atoms with Crippen molar-refractivity contribution in [2.45, 2.75) is 6.92 Å². The van der Waals surface area contributed by atoms with E-state index in [1.54, 1.807) is 11.3 Å². The van der Waals surface area contributed by atoms with Crippen molar-refractivity contribution in [1.29, 1.82) is 0 Å². The maximum absolute atomic E-state index is 5.93. The van der Waals surface area contributed by atoms with E-state index in [4.69, 9.17) is 11.6 Å². The van der Waals surface area contributed by atoms with Crippen LogP contribution in [0.25, 0.3) is 10.2 Å². The van der Waals surface area contributed by atoms with Gasteiger partial charge >= 0.3 is 0 Å². The van der Waals surface area contributed by atoms with Crippen LogP contribution in [0.5, 0.6) is 0 Å². The molecule has 2 nitrogen and oxygen atoms in total. The molecule has 0 N–H and O–H groups in total. The highest BCUT2D eigenvalue weighted by atomic mass is 127. The molecular weight excluding hydrogens is 307 g/mol. The van der Waals surface area contributed by atoms with Gasteiger partial charge in [-0.1, -0.05) is 11.6 Å². The van der Waals surface area contributed by atoms with Gasteiger partial charge in [0.15, 0.2) is 0 Å². The van der Waals surface area contributed by atoms with E-state index in [1.807, 2.05) is 6.92 Å². The van der Waals surface area contributed by atoms with Gasteiger partial charge in [-0.15, -0.1) is 11.3 Å². The van der Waals surface area contributed by atoms with Crippen LogP contribution in [0.4, 0.5) is 0 Å². The first-order chi connectivity index (χ1) is 5.70. The van der Waals surface area contributed by atoms with Crippen molar-refractivity contribution in [3.8, 4) is 0 Å². The lowest BCUT2D eigenvalue weighted by molar-refractivity contribution is 1.23. The van der Waals surface area contributed by atoms with Gasteiger partial charge < -0.3 is 0 Å². The van der Waals surface area contributed by atoms with Gasteiger partial charge in [0.25, 0.3) is 0 Å². The van der Waals surface area contributed by atoms with Gasteiger partial charge in [0.2, 0.25) is 0 Å². The second-order valence-corrected chi connectivity index (χ2v) is 5.51. The smallest absolute Gasteiger partial charge is 0.141 e. The van der Waals surface area contributed by atoms with Crippen LogP contribution in [0.3, 0.4) is 0 Å². The van der Waals surface area contributed by atoms with Crippen LogP contribution in [-0.2, 0) is 0 Å². The fourth-order valence-electron chi connectivity index (χ4n) is 1.00. The molecule has 0 saturated carbocycles. The molecule has 5 heteroatoms. The molecule has 12 heavy (non-hydrogen) atoms. The van der Waals surface area contributed by atoms with Crippen molar-refractivity contribution in [3.63, 3.8) is 0 Å². The van der Waals surface area contributed by atoms with Crippen LogP contribution in [-0.4, -0.2) is 9.97 Å². The Morgan fingerprint density at radius 1 is 1.50 bits per heavy atom. The number of hydrogen-bond acceptors (Lipinski definition) is 3. The van der Waals surface area contributed by atoms with Crippen molar-refractivity contribution < 1.29 is 0 Å². The molecule has 0 saturated heterocycles. The van der Waals surface area contributed by atoms with Gasteiger partial charge in [0.1, 0.15) is 16.3 Å². The second-order valence-electron chi connectivity index (χ2n) is 2.35. The lowest BCUT2D eigenvalue weighted by atomic mass is 10.3. The van der Waals surface area contributed by atoms with Gasteiger partial charge in [-0.3, -0.25) is 0 Å². The number of aryl methyl sites for hydroxylation is 1. The van der Waals surface area contributed by atoms with E-state index >= 15 is 0 Å². The molecule has 0 amide bonds. The molecule has 0 aliphatic heterocycles. The summed E-state index contributed by atoms with van der Waals surface area (Å²) in [5.41, 5.74) is 1.18. The molecule has 0 unspecified atom stereocenters. The van der Waals surface area contributed by atoms with Crippen LogP contribution < -0.4 is 0 Å². The van der Waals surface area contributed by atoms with Gasteiger partial charge in [-0.05, 0) is 35.1 Å². The first kappa shape index (κ1) is 8.65. The number of thiophene rings is 1. The Balaban J connectivity index is 2.97. The molecule has 62 valence electrons. The summed E-state index contributed by atoms with van der Waals surface area (Å²) in [5.74, 6) is 0. The summed E-state index contributed by atoms with van der Waals surface area (Å²) in [6.07, 6.45) is 1.50. The average molecular weight is 311 g/mol. The standard InChI is InChI=1S/C7H4ClIN2S/c1-3-4-5(8)10-2-11-7(4)12-6(3)9/h2H,1H3. The van der Waals surface area contributed by atoms with E-state index in [-0.39, 0.29) is 0 Å². The Hall–Kier alpha value is 0.0600. The predicted molar refractivity (Wildman–Crippen MR) is 59.9 cm³/mol. The van der Waals surface area contributed by atoms with E-state index in [0.717, 1.165) is 10.2 Å². The first-order valence-corrected chi connectivity index (χ1v) is 5.52. The number of fused-ring (bicyclic) bond motifs is 1. The molecule has 2 heterocycles. The quantitative estimate of drug-likeness (QED) is 0.551. The number of halogens is 2. The Morgan fingerprint density at radius 2 is 2.25 bits per heavy atom. The van der Waals surface area contributed by atoms with Crippen LogP contribution in [0.1, 0.15) is 5.56 Å². The minimum Gasteiger partial charge on any atom is -0.225 e. The highest BCUT2D eigenvalue weighted by molar-refractivity contribution is 14.1. The maximum Gasteiger partial charge on any atom is 0.141 e. The zero-order valence-electron chi connectivity index (χ0n) is 6.14. The number of hydrogen-bond donors (Lipinski definition) is 0. The number of nitrogens with zero attached hydrogens (tertiary/aromatic N) is 2. The zero-order chi connectivity index (χ0) is 8.72. The molecule has 0 aromatic carbocycles. The van der Waals surface area contributed by atoms with E-state index < -0.39 is 0 Å². The molecule has 0 spiro atoms. The van der Waals surface area contributed by atoms with E-state index in [1.165, 1.54) is 14.8 Å². The largest absolute Gasteiger partial charge is 0.225 e. The van der Waals surface area contributed by atoms with Crippen molar-refractivity contribution in [2.75, 3.05) is 0 Å². The fraction of sp³-hybridized carbons (Fsp3) is 0.143. The Kier molecular flexibility index (Phi) is 2.22. The highest BCUT2D eigenvalue weighted by Gasteiger charge is 2.10. The second kappa shape index (κ2) is 3.08. The van der Waals surface area contributed by atoms with Crippen LogP contribution in [0.2, 0.25) is 5.15 Å². The normalized spacial score (nSPS) is 10.9. The Bertz CT molecular complexity index is 440. The molecule has 2 aromatic heterocycles. The summed E-state index contributed by atoms with van der Waals surface area (Å²) in [5, 5.41) is 1.55. The van der Waals surface area contributed by atoms with Crippen LogP contribution in [0, 0.1) is 9.81 Å². The average Bonchev–Trinajstić information content (AvgIpc) is 2.29. The predicted octanol–water partition coefficient (Wildman–Crippen LogP) is 3.26. The van der Waals surface area contributed by atoms with Crippen LogP contribution >= 0.6 is 45.5 Å². The lowest BCUT2D eigenvalue weighted by Gasteiger charge is -1.91. The zero-order valence-corrected chi connectivity index (χ0v) is 9.87. The fourth-order valence-corrected chi connectivity index (χ4v) is 3.10. The highest BCUT2D eigenvalue weighted by Crippen LogP contribution is 2.33. The maximum atomic E-state index is 5.93. The van der Waals surface area contributed by atoms with E-state index in [9.17, 15) is 0 Å². The van der Waals surface area contributed by atoms with Gasteiger partial charge in [0.05, 0.1) is 8.27 Å². The van der Waals surface area contributed by atoms with Gasteiger partial charge in [-0.25, -0.2) is 9.97 Å². The summed E-state index contributed by atoms with van der Waals surface area (Å²) in [6.45, 7) is 2.04. The minimum absolute atomic E-state index is 0.552. The number of aromatic nitrogens is 2. The topological polar surface area (TPSA) is 25.8 Å². The molecular formula is C7H4ClIN2S. The Labute approximate surface area is 92.1 Å². The summed E-state index contributed by atoms with van der Waals surface area (Å²) < 4.78 is 1.23. The van der Waals surface area contributed by atoms with E-state index in [2.05, 4.69) is 32.6 Å². The molecule has 0 bridgehead atoms. The Morgan fingerprint density at radius 3 is 2.92 bits per heavy atom. The summed E-state index contributed by atoms with van der Waals surface area (Å²) in [6, 6.07) is 0. The molecule has 2 aromatic rings. The lowest BCUT2D eigenvalue weighted by Crippen LogP contribution is -1.79. The van der Waals surface area contributed by atoms with E-state index in [0.29, 0.717) is 5.15 Å². The molecule has 0 atom stereocenters. The molecule has 0 aliphatic rings. The van der Waals surface area contributed by atoms with Crippen molar-refractivity contribution in [2.24, 2.45) is 0 Å².